The Balaban J connectivity index is 1.72. The second-order valence-electron chi connectivity index (χ2n) is 7.03. The third-order valence-corrected chi connectivity index (χ3v) is 4.72. The highest BCUT2D eigenvalue weighted by Gasteiger charge is 2.40. The van der Waals surface area contributed by atoms with Gasteiger partial charge < -0.3 is 10.1 Å². The zero-order chi connectivity index (χ0) is 20.8. The Morgan fingerprint density at radius 3 is 2.76 bits per heavy atom. The molecule has 0 radical (unpaired) electrons. The van der Waals surface area contributed by atoms with Crippen LogP contribution in [-0.2, 0) is 16.8 Å². The minimum atomic E-state index is -3.08. The zero-order valence-corrected chi connectivity index (χ0v) is 15.5. The molecular weight excluding hydrogens is 387 g/mol. The van der Waals surface area contributed by atoms with Crippen molar-refractivity contribution in [2.45, 2.75) is 32.4 Å². The van der Waals surface area contributed by atoms with E-state index in [1.165, 1.54) is 30.5 Å². The van der Waals surface area contributed by atoms with Crippen molar-refractivity contribution in [1.29, 1.82) is 0 Å². The second-order valence-corrected chi connectivity index (χ2v) is 7.03. The number of nitrogens with one attached hydrogen (secondary N) is 1. The van der Waals surface area contributed by atoms with Crippen LogP contribution in [0.15, 0.2) is 36.5 Å². The lowest BCUT2D eigenvalue weighted by atomic mass is 9.88. The number of ether oxygens (including phenoxy) is 1. The molecule has 0 bridgehead atoms. The number of alkyl halides is 2. The number of carbonyl (C=O) groups is 1. The SMILES string of the molecule is CC1(C)C(=O)Nc2nc(-c3cc(OC(F)F)n(Cc4ccccc4F)n3)ncc21. The number of fused-ring (bicyclic) bond motifs is 1. The third kappa shape index (κ3) is 3.41. The van der Waals surface area contributed by atoms with E-state index in [9.17, 15) is 18.0 Å². The number of carbonyl (C=O) groups excluding carboxylic acids is 1. The van der Waals surface area contributed by atoms with Crippen molar-refractivity contribution in [3.63, 3.8) is 0 Å². The molecule has 1 aromatic carbocycles. The highest BCUT2D eigenvalue weighted by atomic mass is 19.3. The molecule has 0 fully saturated rings. The van der Waals surface area contributed by atoms with E-state index in [-0.39, 0.29) is 35.4 Å². The van der Waals surface area contributed by atoms with Gasteiger partial charge in [0.05, 0.1) is 12.0 Å². The minimum Gasteiger partial charge on any atom is -0.417 e. The lowest BCUT2D eigenvalue weighted by Crippen LogP contribution is -2.26. The number of hydrogen-bond acceptors (Lipinski definition) is 5. The molecule has 1 aliphatic rings. The smallest absolute Gasteiger partial charge is 0.388 e. The summed E-state index contributed by atoms with van der Waals surface area (Å²) in [6.45, 7) is 0.285. The van der Waals surface area contributed by atoms with Gasteiger partial charge in [-0.05, 0) is 19.9 Å². The number of nitrogens with zero attached hydrogens (tertiary/aromatic N) is 4. The number of aromatic nitrogens is 4. The largest absolute Gasteiger partial charge is 0.417 e. The van der Waals surface area contributed by atoms with Crippen LogP contribution in [-0.4, -0.2) is 32.3 Å². The predicted molar refractivity (Wildman–Crippen MR) is 97.0 cm³/mol. The molecule has 4 rings (SSSR count). The Labute approximate surface area is 163 Å². The fourth-order valence-corrected chi connectivity index (χ4v) is 3.04. The highest BCUT2D eigenvalue weighted by molar-refractivity contribution is 6.04. The summed E-state index contributed by atoms with van der Waals surface area (Å²) in [5.74, 6) is -0.512. The van der Waals surface area contributed by atoms with E-state index in [1.807, 2.05) is 0 Å². The first kappa shape index (κ1) is 18.9. The van der Waals surface area contributed by atoms with Gasteiger partial charge in [-0.3, -0.25) is 4.79 Å². The van der Waals surface area contributed by atoms with Crippen LogP contribution in [0.1, 0.15) is 25.0 Å². The van der Waals surface area contributed by atoms with Gasteiger partial charge in [0.25, 0.3) is 0 Å². The Kier molecular flexibility index (Phi) is 4.48. The quantitative estimate of drug-likeness (QED) is 0.707. The van der Waals surface area contributed by atoms with E-state index in [2.05, 4.69) is 25.1 Å². The number of hydrogen-bond donors (Lipinski definition) is 1. The van der Waals surface area contributed by atoms with Crippen molar-refractivity contribution in [3.05, 3.63) is 53.5 Å². The average molecular weight is 403 g/mol. The number of anilines is 1. The minimum absolute atomic E-state index is 0.119. The fraction of sp³-hybridized carbons (Fsp3) is 0.263. The van der Waals surface area contributed by atoms with Gasteiger partial charge in [0.15, 0.2) is 5.82 Å². The lowest BCUT2D eigenvalue weighted by Gasteiger charge is -2.13. The molecule has 2 aromatic heterocycles. The molecule has 1 aliphatic heterocycles. The molecule has 1 N–H and O–H groups in total. The van der Waals surface area contributed by atoms with E-state index in [0.29, 0.717) is 11.4 Å². The molecule has 3 heterocycles. The van der Waals surface area contributed by atoms with Crippen molar-refractivity contribution in [2.24, 2.45) is 0 Å². The second kappa shape index (κ2) is 6.87. The van der Waals surface area contributed by atoms with Gasteiger partial charge in [0.1, 0.15) is 17.3 Å². The monoisotopic (exact) mass is 403 g/mol. The molecule has 0 aliphatic carbocycles. The van der Waals surface area contributed by atoms with Gasteiger partial charge >= 0.3 is 6.61 Å². The number of benzene rings is 1. The molecule has 0 saturated carbocycles. The fourth-order valence-electron chi connectivity index (χ4n) is 3.04. The Morgan fingerprint density at radius 1 is 1.28 bits per heavy atom. The first-order valence-electron chi connectivity index (χ1n) is 8.71. The summed E-state index contributed by atoms with van der Waals surface area (Å²) in [7, 11) is 0. The number of rotatable bonds is 5. The molecule has 0 spiro atoms. The number of amides is 1. The predicted octanol–water partition coefficient (Wildman–Crippen LogP) is 3.36. The van der Waals surface area contributed by atoms with Crippen molar-refractivity contribution in [1.82, 2.24) is 19.7 Å². The van der Waals surface area contributed by atoms with E-state index >= 15 is 0 Å². The molecule has 0 atom stereocenters. The van der Waals surface area contributed by atoms with Crippen LogP contribution < -0.4 is 10.1 Å². The standard InChI is InChI=1S/C19H16F3N5O2/c1-19(2)11-8-23-16(24-15(11)25-17(19)28)13-7-14(29-18(21)22)27(26-13)9-10-5-3-4-6-12(10)20/h3-8,18H,9H2,1-2H3,(H,23,24,25,28). The van der Waals surface area contributed by atoms with Crippen molar-refractivity contribution < 1.29 is 22.7 Å². The van der Waals surface area contributed by atoms with Crippen LogP contribution >= 0.6 is 0 Å². The summed E-state index contributed by atoms with van der Waals surface area (Å²) in [6.07, 6.45) is 1.50. The highest BCUT2D eigenvalue weighted by Crippen LogP contribution is 2.36. The van der Waals surface area contributed by atoms with Crippen LogP contribution in [0, 0.1) is 5.82 Å². The third-order valence-electron chi connectivity index (χ3n) is 4.72. The van der Waals surface area contributed by atoms with Gasteiger partial charge in [-0.25, -0.2) is 19.0 Å². The van der Waals surface area contributed by atoms with Crippen molar-refractivity contribution >= 4 is 11.7 Å². The molecule has 3 aromatic rings. The maximum Gasteiger partial charge on any atom is 0.388 e. The Morgan fingerprint density at radius 2 is 2.03 bits per heavy atom. The van der Waals surface area contributed by atoms with Crippen LogP contribution in [0.4, 0.5) is 19.0 Å². The topological polar surface area (TPSA) is 81.9 Å². The summed E-state index contributed by atoms with van der Waals surface area (Å²) in [4.78, 5) is 20.6. The molecule has 1 amide bonds. The molecule has 150 valence electrons. The van der Waals surface area contributed by atoms with Gasteiger partial charge in [-0.2, -0.15) is 13.9 Å². The molecule has 0 saturated heterocycles. The lowest BCUT2D eigenvalue weighted by molar-refractivity contribution is -0.119. The van der Waals surface area contributed by atoms with E-state index in [4.69, 9.17) is 0 Å². The summed E-state index contributed by atoms with van der Waals surface area (Å²) < 4.78 is 45.2. The summed E-state index contributed by atoms with van der Waals surface area (Å²) in [6, 6.07) is 7.19. The molecule has 29 heavy (non-hydrogen) atoms. The van der Waals surface area contributed by atoms with Crippen LogP contribution in [0.5, 0.6) is 5.88 Å². The van der Waals surface area contributed by atoms with Gasteiger partial charge in [-0.1, -0.05) is 18.2 Å². The van der Waals surface area contributed by atoms with Crippen molar-refractivity contribution in [3.8, 4) is 17.4 Å². The zero-order valence-electron chi connectivity index (χ0n) is 15.5. The van der Waals surface area contributed by atoms with E-state index < -0.39 is 17.8 Å². The Bertz CT molecular complexity index is 1100. The normalized spacial score (nSPS) is 14.8. The van der Waals surface area contributed by atoms with Crippen LogP contribution in [0.25, 0.3) is 11.5 Å². The summed E-state index contributed by atoms with van der Waals surface area (Å²) >= 11 is 0. The van der Waals surface area contributed by atoms with Crippen LogP contribution in [0.2, 0.25) is 0 Å². The number of halogens is 3. The van der Waals surface area contributed by atoms with E-state index in [0.717, 1.165) is 4.68 Å². The van der Waals surface area contributed by atoms with Gasteiger partial charge in [-0.15, -0.1) is 0 Å². The first-order valence-corrected chi connectivity index (χ1v) is 8.71. The Hall–Kier alpha value is -3.43. The summed E-state index contributed by atoms with van der Waals surface area (Å²) in [5, 5.41) is 6.88. The van der Waals surface area contributed by atoms with Gasteiger partial charge in [0.2, 0.25) is 11.8 Å². The first-order chi connectivity index (χ1) is 13.8. The molecular formula is C19H16F3N5O2. The average Bonchev–Trinajstić information content (AvgIpc) is 3.14. The summed E-state index contributed by atoms with van der Waals surface area (Å²) in [5.41, 5.74) is 0.257. The molecule has 0 unspecified atom stereocenters. The molecule has 7 nitrogen and oxygen atoms in total. The van der Waals surface area contributed by atoms with Crippen LogP contribution in [0.3, 0.4) is 0 Å². The van der Waals surface area contributed by atoms with E-state index in [1.54, 1.807) is 19.9 Å². The maximum atomic E-state index is 14.0. The molecule has 10 heteroatoms. The van der Waals surface area contributed by atoms with Crippen molar-refractivity contribution in [2.75, 3.05) is 5.32 Å². The maximum absolute atomic E-state index is 14.0. The van der Waals surface area contributed by atoms with Gasteiger partial charge in [0, 0.05) is 23.4 Å².